The summed E-state index contributed by atoms with van der Waals surface area (Å²) in [5.41, 5.74) is 7.51. The van der Waals surface area contributed by atoms with Crippen molar-refractivity contribution in [2.24, 2.45) is 11.7 Å². The molecule has 120 valence electrons. The molecule has 2 amide bonds. The Bertz CT molecular complexity index is 542. The maximum absolute atomic E-state index is 12.4. The highest BCUT2D eigenvalue weighted by molar-refractivity contribution is 5.83. The van der Waals surface area contributed by atoms with E-state index in [2.05, 4.69) is 11.4 Å². The molecular formula is C17H24N2O3. The van der Waals surface area contributed by atoms with Crippen molar-refractivity contribution < 1.29 is 14.3 Å². The number of carbonyl (C=O) groups is 2. The molecule has 0 saturated carbocycles. The number of fused-ring (bicyclic) bond motifs is 1. The molecule has 2 atom stereocenters. The van der Waals surface area contributed by atoms with Gasteiger partial charge in [-0.05, 0) is 42.7 Å². The van der Waals surface area contributed by atoms with Crippen LogP contribution in [0.2, 0.25) is 0 Å². The van der Waals surface area contributed by atoms with E-state index in [1.54, 1.807) is 0 Å². The fourth-order valence-electron chi connectivity index (χ4n) is 2.95. The van der Waals surface area contributed by atoms with Crippen molar-refractivity contribution in [1.29, 1.82) is 0 Å². The van der Waals surface area contributed by atoms with Crippen LogP contribution in [0.1, 0.15) is 50.3 Å². The van der Waals surface area contributed by atoms with E-state index in [4.69, 9.17) is 10.5 Å². The minimum atomic E-state index is -0.912. The van der Waals surface area contributed by atoms with Crippen LogP contribution in [0.3, 0.4) is 0 Å². The molecule has 1 aliphatic rings. The van der Waals surface area contributed by atoms with E-state index < -0.39 is 12.2 Å². The Morgan fingerprint density at radius 2 is 2.09 bits per heavy atom. The van der Waals surface area contributed by atoms with Gasteiger partial charge in [-0.25, -0.2) is 4.79 Å². The van der Waals surface area contributed by atoms with Gasteiger partial charge in [0.2, 0.25) is 0 Å². The molecule has 0 unspecified atom stereocenters. The van der Waals surface area contributed by atoms with Crippen LogP contribution >= 0.6 is 0 Å². The van der Waals surface area contributed by atoms with Gasteiger partial charge in [-0.15, -0.1) is 0 Å². The maximum Gasteiger partial charge on any atom is 0.405 e. The fourth-order valence-corrected chi connectivity index (χ4v) is 2.95. The molecule has 5 heteroatoms. The summed E-state index contributed by atoms with van der Waals surface area (Å²) in [4.78, 5) is 23.5. The zero-order valence-electron chi connectivity index (χ0n) is 13.2. The Morgan fingerprint density at radius 3 is 2.77 bits per heavy atom. The van der Waals surface area contributed by atoms with Gasteiger partial charge in [-0.3, -0.25) is 4.79 Å². The average molecular weight is 304 g/mol. The number of amides is 2. The van der Waals surface area contributed by atoms with Crippen LogP contribution in [0.25, 0.3) is 0 Å². The Labute approximate surface area is 131 Å². The van der Waals surface area contributed by atoms with E-state index in [9.17, 15) is 9.59 Å². The third kappa shape index (κ3) is 4.23. The summed E-state index contributed by atoms with van der Waals surface area (Å²) in [6.45, 7) is 3.95. The Morgan fingerprint density at radius 1 is 1.36 bits per heavy atom. The van der Waals surface area contributed by atoms with Crippen LogP contribution < -0.4 is 11.1 Å². The molecule has 2 rings (SSSR count). The molecule has 0 radical (unpaired) electrons. The van der Waals surface area contributed by atoms with Gasteiger partial charge in [0.25, 0.3) is 5.91 Å². The Balaban J connectivity index is 2.08. The number of ether oxygens (including phenoxy) is 1. The Hall–Kier alpha value is -2.04. The van der Waals surface area contributed by atoms with Crippen molar-refractivity contribution in [3.05, 3.63) is 35.4 Å². The fraction of sp³-hybridized carbons (Fsp3) is 0.529. The smallest absolute Gasteiger partial charge is 0.405 e. The van der Waals surface area contributed by atoms with Crippen LogP contribution in [0.4, 0.5) is 4.79 Å². The molecule has 0 spiro atoms. The highest BCUT2D eigenvalue weighted by Gasteiger charge is 2.27. The predicted molar refractivity (Wildman–Crippen MR) is 84.2 cm³/mol. The first-order valence-electron chi connectivity index (χ1n) is 7.81. The molecule has 0 bridgehead atoms. The normalized spacial score (nSPS) is 18.4. The number of benzene rings is 1. The molecular weight excluding hydrogens is 280 g/mol. The van der Waals surface area contributed by atoms with Gasteiger partial charge < -0.3 is 15.8 Å². The summed E-state index contributed by atoms with van der Waals surface area (Å²) < 4.78 is 4.98. The topological polar surface area (TPSA) is 81.4 Å². The molecule has 1 aromatic rings. The second kappa shape index (κ2) is 7.29. The quantitative estimate of drug-likeness (QED) is 0.877. The minimum Gasteiger partial charge on any atom is -0.436 e. The largest absolute Gasteiger partial charge is 0.436 e. The number of hydrogen-bond donors (Lipinski definition) is 2. The number of rotatable bonds is 5. The first-order chi connectivity index (χ1) is 10.5. The van der Waals surface area contributed by atoms with Gasteiger partial charge in [-0.2, -0.15) is 0 Å². The molecule has 22 heavy (non-hydrogen) atoms. The molecule has 0 aliphatic heterocycles. The lowest BCUT2D eigenvalue weighted by molar-refractivity contribution is -0.131. The van der Waals surface area contributed by atoms with Crippen LogP contribution in [-0.4, -0.2) is 18.1 Å². The summed E-state index contributed by atoms with van der Waals surface area (Å²) in [5.74, 6) is -0.0389. The predicted octanol–water partition coefficient (Wildman–Crippen LogP) is 2.69. The summed E-state index contributed by atoms with van der Waals surface area (Å²) >= 11 is 0. The van der Waals surface area contributed by atoms with Crippen LogP contribution in [0.15, 0.2) is 24.3 Å². The Kier molecular flexibility index (Phi) is 5.41. The second-order valence-corrected chi connectivity index (χ2v) is 6.21. The highest BCUT2D eigenvalue weighted by atomic mass is 16.6. The zero-order valence-corrected chi connectivity index (χ0v) is 13.2. The number of nitrogens with one attached hydrogen (secondary N) is 1. The standard InChI is InChI=1S/C17H24N2O3/c1-11(2)10-15(22-17(18)21)16(20)19-14-9-5-7-12-6-3-4-8-13(12)14/h3-4,6,8,11,14-15H,5,7,9-10H2,1-2H3,(H2,18,21)(H,19,20)/t14-,15+/m1/s1. The van der Waals surface area contributed by atoms with Gasteiger partial charge in [-0.1, -0.05) is 38.1 Å². The molecule has 3 N–H and O–H groups in total. The molecule has 5 nitrogen and oxygen atoms in total. The van der Waals surface area contributed by atoms with Crippen molar-refractivity contribution in [3.63, 3.8) is 0 Å². The van der Waals surface area contributed by atoms with Gasteiger partial charge >= 0.3 is 6.09 Å². The number of nitrogens with two attached hydrogens (primary N) is 1. The minimum absolute atomic E-state index is 0.0245. The SMILES string of the molecule is CC(C)C[C@H](OC(N)=O)C(=O)N[C@@H]1CCCc2ccccc21. The summed E-state index contributed by atoms with van der Waals surface area (Å²) in [6.07, 6.45) is 1.69. The lowest BCUT2D eigenvalue weighted by Crippen LogP contribution is -2.42. The number of carbonyl (C=O) groups excluding carboxylic acids is 2. The molecule has 0 saturated heterocycles. The molecule has 0 aromatic heterocycles. The van der Waals surface area contributed by atoms with Crippen molar-refractivity contribution in [3.8, 4) is 0 Å². The van der Waals surface area contributed by atoms with Crippen LogP contribution in [-0.2, 0) is 16.0 Å². The van der Waals surface area contributed by atoms with Crippen molar-refractivity contribution in [1.82, 2.24) is 5.32 Å². The average Bonchev–Trinajstić information content (AvgIpc) is 2.46. The van der Waals surface area contributed by atoms with E-state index in [-0.39, 0.29) is 17.9 Å². The summed E-state index contributed by atoms with van der Waals surface area (Å²) in [7, 11) is 0. The lowest BCUT2D eigenvalue weighted by Gasteiger charge is -2.28. The molecule has 0 heterocycles. The van der Waals surface area contributed by atoms with Gasteiger partial charge in [0.15, 0.2) is 6.10 Å². The highest BCUT2D eigenvalue weighted by Crippen LogP contribution is 2.29. The lowest BCUT2D eigenvalue weighted by atomic mass is 9.87. The van der Waals surface area contributed by atoms with Gasteiger partial charge in [0, 0.05) is 0 Å². The van der Waals surface area contributed by atoms with E-state index in [0.29, 0.717) is 6.42 Å². The number of primary amides is 1. The zero-order chi connectivity index (χ0) is 16.1. The molecule has 1 aliphatic carbocycles. The molecule has 1 aromatic carbocycles. The monoisotopic (exact) mass is 304 g/mol. The van der Waals surface area contributed by atoms with Crippen molar-refractivity contribution in [2.45, 2.75) is 51.7 Å². The van der Waals surface area contributed by atoms with Crippen LogP contribution in [0, 0.1) is 5.92 Å². The van der Waals surface area contributed by atoms with Gasteiger partial charge in [0.1, 0.15) is 0 Å². The van der Waals surface area contributed by atoms with E-state index >= 15 is 0 Å². The number of hydrogen-bond acceptors (Lipinski definition) is 3. The van der Waals surface area contributed by atoms with Crippen molar-refractivity contribution in [2.75, 3.05) is 0 Å². The van der Waals surface area contributed by atoms with Gasteiger partial charge in [0.05, 0.1) is 6.04 Å². The third-order valence-electron chi connectivity index (χ3n) is 3.92. The first-order valence-corrected chi connectivity index (χ1v) is 7.81. The molecule has 0 fully saturated rings. The summed E-state index contributed by atoms with van der Waals surface area (Å²) in [6, 6.07) is 8.12. The first kappa shape index (κ1) is 16.3. The van der Waals surface area contributed by atoms with Crippen LogP contribution in [0.5, 0.6) is 0 Å². The third-order valence-corrected chi connectivity index (χ3v) is 3.92. The van der Waals surface area contributed by atoms with E-state index in [1.807, 2.05) is 32.0 Å². The van der Waals surface area contributed by atoms with E-state index in [0.717, 1.165) is 24.8 Å². The number of aryl methyl sites for hydroxylation is 1. The van der Waals surface area contributed by atoms with E-state index in [1.165, 1.54) is 5.56 Å². The maximum atomic E-state index is 12.4. The second-order valence-electron chi connectivity index (χ2n) is 6.21. The van der Waals surface area contributed by atoms with Crippen molar-refractivity contribution >= 4 is 12.0 Å². The summed E-state index contributed by atoms with van der Waals surface area (Å²) in [5, 5.41) is 3.01.